The highest BCUT2D eigenvalue weighted by Gasteiger charge is 2.17. The number of nitrogens with one attached hydrogen (secondary N) is 1. The summed E-state index contributed by atoms with van der Waals surface area (Å²) < 4.78 is 0. The van der Waals surface area contributed by atoms with E-state index >= 15 is 0 Å². The molecule has 102 valence electrons. The Morgan fingerprint density at radius 3 is 2.63 bits per heavy atom. The third-order valence-electron chi connectivity index (χ3n) is 3.15. The Balaban J connectivity index is 2.36. The molecule has 2 rings (SSSR count). The molecule has 19 heavy (non-hydrogen) atoms. The molecule has 0 fully saturated rings. The lowest BCUT2D eigenvalue weighted by molar-refractivity contribution is 0.600. The van der Waals surface area contributed by atoms with E-state index in [1.165, 1.54) is 21.6 Å². The molecule has 0 aliphatic carbocycles. The van der Waals surface area contributed by atoms with Crippen molar-refractivity contribution in [2.24, 2.45) is 0 Å². The fourth-order valence-electron chi connectivity index (χ4n) is 2.18. The standard InChI is InChI=1S/C16H20ClNS/c1-4-7-18-16(13-9-12(3)19-10-13)14-6-5-11(2)8-15(14)17/h5-6,8-10,16,18H,4,7H2,1-3H3. The van der Waals surface area contributed by atoms with Crippen molar-refractivity contribution in [3.05, 3.63) is 56.2 Å². The van der Waals surface area contributed by atoms with Crippen molar-refractivity contribution < 1.29 is 0 Å². The zero-order chi connectivity index (χ0) is 13.8. The van der Waals surface area contributed by atoms with Gasteiger partial charge < -0.3 is 5.32 Å². The molecule has 1 nitrogen and oxygen atoms in total. The molecule has 0 bridgehead atoms. The van der Waals surface area contributed by atoms with Crippen molar-refractivity contribution in [1.82, 2.24) is 5.32 Å². The van der Waals surface area contributed by atoms with Crippen molar-refractivity contribution in [3.8, 4) is 0 Å². The second-order valence-electron chi connectivity index (χ2n) is 4.90. The van der Waals surface area contributed by atoms with Gasteiger partial charge in [0.1, 0.15) is 0 Å². The van der Waals surface area contributed by atoms with Gasteiger partial charge in [-0.25, -0.2) is 0 Å². The number of benzene rings is 1. The van der Waals surface area contributed by atoms with Gasteiger partial charge >= 0.3 is 0 Å². The molecule has 1 aromatic carbocycles. The van der Waals surface area contributed by atoms with Crippen LogP contribution in [0.15, 0.2) is 29.6 Å². The van der Waals surface area contributed by atoms with Crippen LogP contribution >= 0.6 is 22.9 Å². The molecule has 1 N–H and O–H groups in total. The summed E-state index contributed by atoms with van der Waals surface area (Å²) in [5, 5.41) is 6.66. The monoisotopic (exact) mass is 293 g/mol. The Morgan fingerprint density at radius 2 is 2.05 bits per heavy atom. The van der Waals surface area contributed by atoms with Crippen molar-refractivity contribution in [2.45, 2.75) is 33.2 Å². The fraction of sp³-hybridized carbons (Fsp3) is 0.375. The summed E-state index contributed by atoms with van der Waals surface area (Å²) in [5.74, 6) is 0. The highest BCUT2D eigenvalue weighted by molar-refractivity contribution is 7.10. The Labute approximate surface area is 124 Å². The van der Waals surface area contributed by atoms with Gasteiger partial charge in [0.25, 0.3) is 0 Å². The highest BCUT2D eigenvalue weighted by atomic mass is 35.5. The second kappa shape index (κ2) is 6.56. The predicted octanol–water partition coefficient (Wildman–Crippen LogP) is 5.11. The molecule has 1 atom stereocenters. The molecule has 0 radical (unpaired) electrons. The zero-order valence-electron chi connectivity index (χ0n) is 11.7. The third-order valence-corrected chi connectivity index (χ3v) is 4.36. The molecule has 1 aromatic heterocycles. The fourth-order valence-corrected chi connectivity index (χ4v) is 3.25. The Bertz CT molecular complexity index is 547. The van der Waals surface area contributed by atoms with Gasteiger partial charge in [0.2, 0.25) is 0 Å². The van der Waals surface area contributed by atoms with Crippen LogP contribution in [-0.2, 0) is 0 Å². The number of thiophene rings is 1. The first-order valence-corrected chi connectivity index (χ1v) is 7.92. The first kappa shape index (κ1) is 14.6. The number of rotatable bonds is 5. The number of aryl methyl sites for hydroxylation is 2. The quantitative estimate of drug-likeness (QED) is 0.808. The van der Waals surface area contributed by atoms with Gasteiger partial charge in [-0.1, -0.05) is 30.7 Å². The Morgan fingerprint density at radius 1 is 1.26 bits per heavy atom. The molecule has 0 saturated carbocycles. The minimum absolute atomic E-state index is 0.193. The summed E-state index contributed by atoms with van der Waals surface area (Å²) in [6.45, 7) is 7.38. The summed E-state index contributed by atoms with van der Waals surface area (Å²) >= 11 is 8.21. The lowest BCUT2D eigenvalue weighted by atomic mass is 9.99. The molecule has 0 aliphatic heterocycles. The smallest absolute Gasteiger partial charge is 0.0599 e. The SMILES string of the molecule is CCCNC(c1csc(C)c1)c1ccc(C)cc1Cl. The summed E-state index contributed by atoms with van der Waals surface area (Å²) in [7, 11) is 0. The highest BCUT2D eigenvalue weighted by Crippen LogP contribution is 2.31. The molecule has 0 amide bonds. The zero-order valence-corrected chi connectivity index (χ0v) is 13.2. The topological polar surface area (TPSA) is 12.0 Å². The van der Waals surface area contributed by atoms with Gasteiger partial charge in [0.15, 0.2) is 0 Å². The van der Waals surface area contributed by atoms with Gasteiger partial charge in [-0.15, -0.1) is 11.3 Å². The van der Waals surface area contributed by atoms with E-state index in [0.717, 1.165) is 18.0 Å². The number of hydrogen-bond donors (Lipinski definition) is 1. The van der Waals surface area contributed by atoms with Crippen LogP contribution < -0.4 is 5.32 Å². The minimum atomic E-state index is 0.193. The number of halogens is 1. The number of hydrogen-bond acceptors (Lipinski definition) is 2. The summed E-state index contributed by atoms with van der Waals surface area (Å²) in [5.41, 5.74) is 3.67. The normalized spacial score (nSPS) is 12.6. The van der Waals surface area contributed by atoms with E-state index in [-0.39, 0.29) is 6.04 Å². The van der Waals surface area contributed by atoms with Gasteiger partial charge in [-0.3, -0.25) is 0 Å². The lowest BCUT2D eigenvalue weighted by Crippen LogP contribution is -2.23. The van der Waals surface area contributed by atoms with Crippen LogP contribution in [0.25, 0.3) is 0 Å². The average Bonchev–Trinajstić information content (AvgIpc) is 2.78. The molecular formula is C16H20ClNS. The van der Waals surface area contributed by atoms with Crippen molar-refractivity contribution >= 4 is 22.9 Å². The van der Waals surface area contributed by atoms with Crippen LogP contribution in [0.3, 0.4) is 0 Å². The van der Waals surface area contributed by atoms with E-state index in [4.69, 9.17) is 11.6 Å². The molecule has 1 unspecified atom stereocenters. The van der Waals surface area contributed by atoms with E-state index in [0.29, 0.717) is 0 Å². The molecule has 0 saturated heterocycles. The largest absolute Gasteiger partial charge is 0.306 e. The average molecular weight is 294 g/mol. The third kappa shape index (κ3) is 3.59. The predicted molar refractivity (Wildman–Crippen MR) is 85.4 cm³/mol. The molecule has 0 aliphatic rings. The first-order valence-electron chi connectivity index (χ1n) is 6.66. The van der Waals surface area contributed by atoms with Gasteiger partial charge in [0.05, 0.1) is 6.04 Å². The van der Waals surface area contributed by atoms with Crippen LogP contribution in [0, 0.1) is 13.8 Å². The van der Waals surface area contributed by atoms with Crippen LogP contribution in [0.1, 0.15) is 41.0 Å². The lowest BCUT2D eigenvalue weighted by Gasteiger charge is -2.19. The molecule has 1 heterocycles. The Hall–Kier alpha value is -0.830. The maximum atomic E-state index is 6.42. The van der Waals surface area contributed by atoms with Crippen LogP contribution in [0.5, 0.6) is 0 Å². The van der Waals surface area contributed by atoms with E-state index in [1.807, 2.05) is 6.07 Å². The summed E-state index contributed by atoms with van der Waals surface area (Å²) in [6.07, 6.45) is 1.11. The van der Waals surface area contributed by atoms with Crippen molar-refractivity contribution in [1.29, 1.82) is 0 Å². The van der Waals surface area contributed by atoms with Gasteiger partial charge in [-0.05, 0) is 61.0 Å². The van der Waals surface area contributed by atoms with Crippen molar-refractivity contribution in [2.75, 3.05) is 6.54 Å². The minimum Gasteiger partial charge on any atom is -0.306 e. The Kier molecular flexibility index (Phi) is 5.03. The molecule has 2 aromatic rings. The molecule has 0 spiro atoms. The van der Waals surface area contributed by atoms with E-state index in [2.05, 4.69) is 49.7 Å². The van der Waals surface area contributed by atoms with Gasteiger partial charge in [0, 0.05) is 9.90 Å². The van der Waals surface area contributed by atoms with E-state index < -0.39 is 0 Å². The van der Waals surface area contributed by atoms with Crippen molar-refractivity contribution in [3.63, 3.8) is 0 Å². The van der Waals surface area contributed by atoms with Crippen LogP contribution in [0.4, 0.5) is 0 Å². The van der Waals surface area contributed by atoms with Gasteiger partial charge in [-0.2, -0.15) is 0 Å². The van der Waals surface area contributed by atoms with E-state index in [1.54, 1.807) is 11.3 Å². The first-order chi connectivity index (χ1) is 9.11. The van der Waals surface area contributed by atoms with E-state index in [9.17, 15) is 0 Å². The maximum absolute atomic E-state index is 6.42. The van der Waals surface area contributed by atoms with Crippen LogP contribution in [0.2, 0.25) is 5.02 Å². The summed E-state index contributed by atoms with van der Waals surface area (Å²) in [4.78, 5) is 1.33. The van der Waals surface area contributed by atoms with Crippen LogP contribution in [-0.4, -0.2) is 6.54 Å². The second-order valence-corrected chi connectivity index (χ2v) is 6.43. The molecule has 3 heteroatoms. The maximum Gasteiger partial charge on any atom is 0.0599 e. The molecular weight excluding hydrogens is 274 g/mol. The summed E-state index contributed by atoms with van der Waals surface area (Å²) in [6, 6.07) is 8.74.